The van der Waals surface area contributed by atoms with Gasteiger partial charge in [-0.15, -0.1) is 0 Å². The van der Waals surface area contributed by atoms with E-state index in [1.54, 1.807) is 0 Å². The van der Waals surface area contributed by atoms with Gasteiger partial charge < -0.3 is 0 Å². The molecule has 3 fully saturated rings. The average Bonchev–Trinajstić information content (AvgIpc) is 2.78. The van der Waals surface area contributed by atoms with Crippen LogP contribution in [0.2, 0.25) is 0 Å². The molecule has 0 heterocycles. The third-order valence-corrected chi connectivity index (χ3v) is 6.88. The van der Waals surface area contributed by atoms with Gasteiger partial charge in [-0.05, 0) is 48.9 Å². The molecule has 19 heavy (non-hydrogen) atoms. The normalized spacial score (nSPS) is 48.2. The highest BCUT2D eigenvalue weighted by Crippen LogP contribution is 2.75. The molecule has 0 amide bonds. The van der Waals surface area contributed by atoms with Crippen LogP contribution in [0.1, 0.15) is 59.3 Å². The molecule has 3 aliphatic carbocycles. The van der Waals surface area contributed by atoms with E-state index >= 15 is 0 Å². The molecule has 3 rings (SSSR count). The van der Waals surface area contributed by atoms with Gasteiger partial charge in [-0.3, -0.25) is 4.18 Å². The second kappa shape index (κ2) is 3.76. The van der Waals surface area contributed by atoms with Crippen LogP contribution in [-0.2, 0) is 14.3 Å². The Balaban J connectivity index is 2.09. The van der Waals surface area contributed by atoms with E-state index in [1.807, 2.05) is 0 Å². The van der Waals surface area contributed by atoms with Gasteiger partial charge in [0.1, 0.15) is 0 Å². The first-order valence-corrected chi connectivity index (χ1v) is 9.31. The molecular weight excluding hydrogens is 260 g/mol. The molecule has 0 radical (unpaired) electrons. The van der Waals surface area contributed by atoms with E-state index in [9.17, 15) is 8.42 Å². The summed E-state index contributed by atoms with van der Waals surface area (Å²) in [6.07, 6.45) is 8.31. The van der Waals surface area contributed by atoms with Crippen molar-refractivity contribution in [2.24, 2.45) is 22.2 Å². The first kappa shape index (κ1) is 13.9. The van der Waals surface area contributed by atoms with Gasteiger partial charge in [0.15, 0.2) is 0 Å². The number of rotatable bonds is 2. The van der Waals surface area contributed by atoms with Crippen molar-refractivity contribution in [2.75, 3.05) is 6.26 Å². The predicted molar refractivity (Wildman–Crippen MR) is 75.2 cm³/mol. The Hall–Kier alpha value is -0.0900. The van der Waals surface area contributed by atoms with E-state index in [1.165, 1.54) is 31.9 Å². The highest BCUT2D eigenvalue weighted by Gasteiger charge is 2.71. The van der Waals surface area contributed by atoms with E-state index in [0.717, 1.165) is 12.8 Å². The molecule has 3 aliphatic rings. The molecule has 0 N–H and O–H groups in total. The topological polar surface area (TPSA) is 43.4 Å². The minimum absolute atomic E-state index is 0.0408. The highest BCUT2D eigenvalue weighted by molar-refractivity contribution is 7.86. The maximum absolute atomic E-state index is 11.7. The summed E-state index contributed by atoms with van der Waals surface area (Å²) in [5.74, 6) is 0.672. The standard InChI is InChI=1S/C15H26O3S/c1-13(2)10-14(3)9-7-11-6-5-8-15(11,14)12(13)18-19(4,16)17/h11-12H,5-10H2,1-4H3/t11?,12-,14+,15-/m0/s1. The summed E-state index contributed by atoms with van der Waals surface area (Å²) >= 11 is 0. The highest BCUT2D eigenvalue weighted by atomic mass is 32.2. The van der Waals surface area contributed by atoms with Crippen LogP contribution in [0, 0.1) is 22.2 Å². The smallest absolute Gasteiger partial charge is 0.264 e. The molecule has 3 nitrogen and oxygen atoms in total. The summed E-state index contributed by atoms with van der Waals surface area (Å²) in [6.45, 7) is 6.76. The van der Waals surface area contributed by atoms with Crippen molar-refractivity contribution in [3.63, 3.8) is 0 Å². The molecule has 1 spiro atoms. The second-order valence-electron chi connectivity index (χ2n) is 8.07. The van der Waals surface area contributed by atoms with Crippen molar-refractivity contribution in [1.29, 1.82) is 0 Å². The summed E-state index contributed by atoms with van der Waals surface area (Å²) in [5.41, 5.74) is 0.341. The first-order chi connectivity index (χ1) is 8.61. The fourth-order valence-corrected chi connectivity index (χ4v) is 6.91. The number of hydrogen-bond acceptors (Lipinski definition) is 3. The Labute approximate surface area is 117 Å². The van der Waals surface area contributed by atoms with Crippen molar-refractivity contribution in [3.05, 3.63) is 0 Å². The fraction of sp³-hybridized carbons (Fsp3) is 1.00. The van der Waals surface area contributed by atoms with Crippen LogP contribution < -0.4 is 0 Å². The summed E-state index contributed by atoms with van der Waals surface area (Å²) in [6, 6.07) is 0. The molecule has 0 aromatic carbocycles. The molecule has 4 atom stereocenters. The molecule has 0 aromatic rings. The largest absolute Gasteiger partial charge is 0.266 e. The zero-order chi connectivity index (χ0) is 14.1. The predicted octanol–water partition coefficient (Wildman–Crippen LogP) is 3.35. The van der Waals surface area contributed by atoms with Crippen molar-refractivity contribution in [3.8, 4) is 0 Å². The molecule has 4 heteroatoms. The lowest BCUT2D eigenvalue weighted by Gasteiger charge is -2.43. The molecule has 0 saturated heterocycles. The van der Waals surface area contributed by atoms with Crippen LogP contribution in [0.25, 0.3) is 0 Å². The van der Waals surface area contributed by atoms with E-state index in [-0.39, 0.29) is 22.3 Å². The lowest BCUT2D eigenvalue weighted by molar-refractivity contribution is -0.0233. The van der Waals surface area contributed by atoms with Crippen LogP contribution in [0.15, 0.2) is 0 Å². The monoisotopic (exact) mass is 286 g/mol. The van der Waals surface area contributed by atoms with E-state index < -0.39 is 10.1 Å². The quantitative estimate of drug-likeness (QED) is 0.731. The van der Waals surface area contributed by atoms with Crippen molar-refractivity contribution in [2.45, 2.75) is 65.4 Å². The van der Waals surface area contributed by atoms with Gasteiger partial charge in [0.05, 0.1) is 12.4 Å². The third kappa shape index (κ3) is 1.75. The zero-order valence-electron chi connectivity index (χ0n) is 12.5. The summed E-state index contributed by atoms with van der Waals surface area (Å²) < 4.78 is 29.1. The molecule has 1 unspecified atom stereocenters. The van der Waals surface area contributed by atoms with Gasteiger partial charge in [0.2, 0.25) is 0 Å². The minimum Gasteiger partial charge on any atom is -0.266 e. The van der Waals surface area contributed by atoms with Gasteiger partial charge in [0.25, 0.3) is 10.1 Å². The van der Waals surface area contributed by atoms with Crippen molar-refractivity contribution in [1.82, 2.24) is 0 Å². The SMILES string of the molecule is CC1(C)C[C@@]2(C)CCC3CCC[C@@]32[C@H]1OS(C)(=O)=O. The molecule has 3 saturated carbocycles. The Morgan fingerprint density at radius 1 is 1.11 bits per heavy atom. The van der Waals surface area contributed by atoms with E-state index in [4.69, 9.17) is 4.18 Å². The number of hydrogen-bond donors (Lipinski definition) is 0. The maximum atomic E-state index is 11.7. The average molecular weight is 286 g/mol. The second-order valence-corrected chi connectivity index (χ2v) is 9.68. The van der Waals surface area contributed by atoms with E-state index in [0.29, 0.717) is 5.92 Å². The lowest BCUT2D eigenvalue weighted by atomic mass is 9.65. The summed E-state index contributed by atoms with van der Waals surface area (Å²) in [5, 5.41) is 0. The molecule has 0 aromatic heterocycles. The maximum Gasteiger partial charge on any atom is 0.264 e. The summed E-state index contributed by atoms with van der Waals surface area (Å²) in [4.78, 5) is 0. The Morgan fingerprint density at radius 3 is 2.42 bits per heavy atom. The van der Waals surface area contributed by atoms with Crippen LogP contribution in [-0.4, -0.2) is 20.8 Å². The van der Waals surface area contributed by atoms with Gasteiger partial charge in [0, 0.05) is 5.41 Å². The molecule has 110 valence electrons. The van der Waals surface area contributed by atoms with Gasteiger partial charge in [-0.25, -0.2) is 0 Å². The van der Waals surface area contributed by atoms with E-state index in [2.05, 4.69) is 20.8 Å². The first-order valence-electron chi connectivity index (χ1n) is 7.49. The Kier molecular flexibility index (Phi) is 2.74. The van der Waals surface area contributed by atoms with Crippen LogP contribution in [0.3, 0.4) is 0 Å². The Morgan fingerprint density at radius 2 is 1.79 bits per heavy atom. The van der Waals surface area contributed by atoms with Crippen LogP contribution >= 0.6 is 0 Å². The Bertz CT molecular complexity index is 496. The zero-order valence-corrected chi connectivity index (χ0v) is 13.3. The van der Waals surface area contributed by atoms with Crippen molar-refractivity contribution < 1.29 is 12.6 Å². The minimum atomic E-state index is -3.39. The third-order valence-electron chi connectivity index (χ3n) is 6.33. The molecule has 0 aliphatic heterocycles. The fourth-order valence-electron chi connectivity index (χ4n) is 6.13. The van der Waals surface area contributed by atoms with Gasteiger partial charge in [-0.1, -0.05) is 27.2 Å². The summed E-state index contributed by atoms with van der Waals surface area (Å²) in [7, 11) is -3.39. The van der Waals surface area contributed by atoms with Crippen LogP contribution in [0.4, 0.5) is 0 Å². The molecule has 0 bridgehead atoms. The van der Waals surface area contributed by atoms with Crippen LogP contribution in [0.5, 0.6) is 0 Å². The van der Waals surface area contributed by atoms with Gasteiger partial charge >= 0.3 is 0 Å². The van der Waals surface area contributed by atoms with Crippen molar-refractivity contribution >= 4 is 10.1 Å². The lowest BCUT2D eigenvalue weighted by Crippen LogP contribution is -2.45. The van der Waals surface area contributed by atoms with Gasteiger partial charge in [-0.2, -0.15) is 8.42 Å². The molecular formula is C15H26O3S.